The first kappa shape index (κ1) is 14.5. The molecule has 20 heavy (non-hydrogen) atoms. The van der Waals surface area contributed by atoms with Crippen LogP contribution in [-0.2, 0) is 4.79 Å². The second-order valence-electron chi connectivity index (χ2n) is 4.37. The van der Waals surface area contributed by atoms with Gasteiger partial charge in [0.1, 0.15) is 5.82 Å². The van der Waals surface area contributed by atoms with Gasteiger partial charge in [0.2, 0.25) is 5.91 Å². The minimum atomic E-state index is -0.400. The monoisotopic (exact) mass is 336 g/mol. The fourth-order valence-electron chi connectivity index (χ4n) is 1.76. The maximum atomic E-state index is 13.6. The molecule has 1 amide bonds. The lowest BCUT2D eigenvalue weighted by Gasteiger charge is -2.10. The second kappa shape index (κ2) is 6.52. The SMILES string of the molecule is Cc1cccc(NC(=O)CNc2c(F)cccc2Br)c1. The summed E-state index contributed by atoms with van der Waals surface area (Å²) in [6.07, 6.45) is 0. The van der Waals surface area contributed by atoms with Gasteiger partial charge in [-0.3, -0.25) is 4.79 Å². The van der Waals surface area contributed by atoms with Crippen molar-refractivity contribution >= 4 is 33.2 Å². The van der Waals surface area contributed by atoms with Gasteiger partial charge in [-0.25, -0.2) is 4.39 Å². The molecule has 0 aliphatic rings. The van der Waals surface area contributed by atoms with Gasteiger partial charge in [0.25, 0.3) is 0 Å². The van der Waals surface area contributed by atoms with E-state index in [1.54, 1.807) is 12.1 Å². The molecule has 2 aromatic carbocycles. The number of hydrogen-bond donors (Lipinski definition) is 2. The van der Waals surface area contributed by atoms with E-state index in [-0.39, 0.29) is 18.1 Å². The van der Waals surface area contributed by atoms with Crippen LogP contribution in [0.3, 0.4) is 0 Å². The summed E-state index contributed by atoms with van der Waals surface area (Å²) in [4.78, 5) is 11.8. The number of nitrogens with one attached hydrogen (secondary N) is 2. The molecular weight excluding hydrogens is 323 g/mol. The average molecular weight is 337 g/mol. The number of para-hydroxylation sites is 1. The van der Waals surface area contributed by atoms with E-state index in [1.165, 1.54) is 6.07 Å². The Morgan fingerprint density at radius 2 is 2.00 bits per heavy atom. The number of anilines is 2. The van der Waals surface area contributed by atoms with Crippen molar-refractivity contribution < 1.29 is 9.18 Å². The van der Waals surface area contributed by atoms with E-state index in [2.05, 4.69) is 26.6 Å². The van der Waals surface area contributed by atoms with Gasteiger partial charge in [-0.15, -0.1) is 0 Å². The Balaban J connectivity index is 1.96. The molecule has 0 bridgehead atoms. The lowest BCUT2D eigenvalue weighted by atomic mass is 10.2. The molecule has 0 saturated carbocycles. The average Bonchev–Trinajstić information content (AvgIpc) is 2.38. The van der Waals surface area contributed by atoms with Crippen LogP contribution in [0.4, 0.5) is 15.8 Å². The molecule has 0 saturated heterocycles. The van der Waals surface area contributed by atoms with Crippen molar-refractivity contribution in [2.75, 3.05) is 17.2 Å². The third-order valence-electron chi connectivity index (χ3n) is 2.69. The Kier molecular flexibility index (Phi) is 4.74. The lowest BCUT2D eigenvalue weighted by Crippen LogP contribution is -2.22. The van der Waals surface area contributed by atoms with Crippen LogP contribution in [0.2, 0.25) is 0 Å². The van der Waals surface area contributed by atoms with E-state index in [9.17, 15) is 9.18 Å². The number of amides is 1. The topological polar surface area (TPSA) is 41.1 Å². The first-order chi connectivity index (χ1) is 9.56. The van der Waals surface area contributed by atoms with E-state index < -0.39 is 5.82 Å². The van der Waals surface area contributed by atoms with Crippen molar-refractivity contribution in [3.05, 3.63) is 58.3 Å². The standard InChI is InChI=1S/C15H14BrFN2O/c1-10-4-2-5-11(8-10)19-14(20)9-18-15-12(16)6-3-7-13(15)17/h2-8,18H,9H2,1H3,(H,19,20). The number of halogens is 2. The summed E-state index contributed by atoms with van der Waals surface area (Å²) in [5.41, 5.74) is 2.07. The molecule has 0 fully saturated rings. The van der Waals surface area contributed by atoms with Crippen molar-refractivity contribution in [2.24, 2.45) is 0 Å². The molecule has 3 nitrogen and oxygen atoms in total. The van der Waals surface area contributed by atoms with Crippen LogP contribution in [0.1, 0.15) is 5.56 Å². The minimum Gasteiger partial charge on any atom is -0.373 e. The lowest BCUT2D eigenvalue weighted by molar-refractivity contribution is -0.114. The Morgan fingerprint density at radius 3 is 2.70 bits per heavy atom. The van der Waals surface area contributed by atoms with Crippen LogP contribution in [0.25, 0.3) is 0 Å². The first-order valence-corrected chi connectivity index (χ1v) is 6.90. The molecule has 0 atom stereocenters. The maximum absolute atomic E-state index is 13.6. The molecule has 2 N–H and O–H groups in total. The number of carbonyl (C=O) groups excluding carboxylic acids is 1. The van der Waals surface area contributed by atoms with E-state index in [0.29, 0.717) is 4.47 Å². The highest BCUT2D eigenvalue weighted by atomic mass is 79.9. The summed E-state index contributed by atoms with van der Waals surface area (Å²) >= 11 is 3.24. The molecule has 5 heteroatoms. The number of aryl methyl sites for hydroxylation is 1. The highest BCUT2D eigenvalue weighted by Crippen LogP contribution is 2.24. The van der Waals surface area contributed by atoms with Gasteiger partial charge in [0.15, 0.2) is 0 Å². The number of hydrogen-bond acceptors (Lipinski definition) is 2. The molecule has 0 unspecified atom stereocenters. The molecule has 0 spiro atoms. The third-order valence-corrected chi connectivity index (χ3v) is 3.35. The molecular formula is C15H14BrFN2O. The highest BCUT2D eigenvalue weighted by Gasteiger charge is 2.08. The summed E-state index contributed by atoms with van der Waals surface area (Å²) in [7, 11) is 0. The summed E-state index contributed by atoms with van der Waals surface area (Å²) < 4.78 is 14.1. The molecule has 2 rings (SSSR count). The van der Waals surface area contributed by atoms with E-state index >= 15 is 0 Å². The van der Waals surface area contributed by atoms with Crippen LogP contribution in [0.5, 0.6) is 0 Å². The molecule has 0 heterocycles. The van der Waals surface area contributed by atoms with Crippen molar-refractivity contribution in [1.82, 2.24) is 0 Å². The van der Waals surface area contributed by atoms with Crippen molar-refractivity contribution in [3.63, 3.8) is 0 Å². The fourth-order valence-corrected chi connectivity index (χ4v) is 2.25. The van der Waals surface area contributed by atoms with Crippen molar-refractivity contribution in [2.45, 2.75) is 6.92 Å². The van der Waals surface area contributed by atoms with Gasteiger partial charge in [0.05, 0.1) is 12.2 Å². The van der Waals surface area contributed by atoms with Crippen LogP contribution < -0.4 is 10.6 Å². The van der Waals surface area contributed by atoms with Gasteiger partial charge < -0.3 is 10.6 Å². The first-order valence-electron chi connectivity index (χ1n) is 6.10. The van der Waals surface area contributed by atoms with Gasteiger partial charge >= 0.3 is 0 Å². The third kappa shape index (κ3) is 3.81. The Bertz CT molecular complexity index is 611. The number of rotatable bonds is 4. The Labute approximate surface area is 125 Å². The molecule has 0 aromatic heterocycles. The normalized spacial score (nSPS) is 10.2. The van der Waals surface area contributed by atoms with Gasteiger partial charge in [-0.1, -0.05) is 18.2 Å². The van der Waals surface area contributed by atoms with Crippen molar-refractivity contribution in [1.29, 1.82) is 0 Å². The van der Waals surface area contributed by atoms with E-state index in [0.717, 1.165) is 11.3 Å². The molecule has 0 aliphatic heterocycles. The van der Waals surface area contributed by atoms with Gasteiger partial charge in [-0.2, -0.15) is 0 Å². The quantitative estimate of drug-likeness (QED) is 0.887. The summed E-state index contributed by atoms with van der Waals surface area (Å²) in [6, 6.07) is 12.1. The predicted octanol–water partition coefficient (Wildman–Crippen LogP) is 3.95. The predicted molar refractivity (Wildman–Crippen MR) is 82.4 cm³/mol. The number of benzene rings is 2. The Morgan fingerprint density at radius 1 is 1.25 bits per heavy atom. The minimum absolute atomic E-state index is 0.00647. The highest BCUT2D eigenvalue weighted by molar-refractivity contribution is 9.10. The van der Waals surface area contributed by atoms with E-state index in [1.807, 2.05) is 31.2 Å². The zero-order chi connectivity index (χ0) is 14.5. The Hall–Kier alpha value is -1.88. The molecule has 0 aliphatic carbocycles. The zero-order valence-electron chi connectivity index (χ0n) is 10.9. The molecule has 0 radical (unpaired) electrons. The van der Waals surface area contributed by atoms with Gasteiger partial charge in [-0.05, 0) is 52.7 Å². The zero-order valence-corrected chi connectivity index (χ0v) is 12.5. The van der Waals surface area contributed by atoms with Crippen LogP contribution in [0, 0.1) is 12.7 Å². The molecule has 104 valence electrons. The van der Waals surface area contributed by atoms with Crippen molar-refractivity contribution in [3.8, 4) is 0 Å². The fraction of sp³-hybridized carbons (Fsp3) is 0.133. The summed E-state index contributed by atoms with van der Waals surface area (Å²) in [5, 5.41) is 5.53. The smallest absolute Gasteiger partial charge is 0.243 e. The van der Waals surface area contributed by atoms with Crippen LogP contribution in [-0.4, -0.2) is 12.5 Å². The second-order valence-corrected chi connectivity index (χ2v) is 5.22. The van der Waals surface area contributed by atoms with Crippen LogP contribution >= 0.6 is 15.9 Å². The maximum Gasteiger partial charge on any atom is 0.243 e. The largest absolute Gasteiger partial charge is 0.373 e. The summed E-state index contributed by atoms with van der Waals surface area (Å²) in [5.74, 6) is -0.631. The van der Waals surface area contributed by atoms with E-state index in [4.69, 9.17) is 0 Å². The van der Waals surface area contributed by atoms with Gasteiger partial charge in [0, 0.05) is 10.2 Å². The summed E-state index contributed by atoms with van der Waals surface area (Å²) in [6.45, 7) is 1.94. The number of carbonyl (C=O) groups is 1. The molecule has 2 aromatic rings. The van der Waals surface area contributed by atoms with Crippen LogP contribution in [0.15, 0.2) is 46.9 Å².